The summed E-state index contributed by atoms with van der Waals surface area (Å²) in [6.07, 6.45) is 3.52. The van der Waals surface area contributed by atoms with Crippen molar-refractivity contribution in [1.29, 1.82) is 0 Å². The fraction of sp³-hybridized carbons (Fsp3) is 0.846. The molecule has 2 rings (SSSR count). The second-order valence-electron chi connectivity index (χ2n) is 5.51. The van der Waals surface area contributed by atoms with Crippen LogP contribution in [0.5, 0.6) is 0 Å². The third-order valence-corrected chi connectivity index (χ3v) is 3.28. The second kappa shape index (κ2) is 3.59. The van der Waals surface area contributed by atoms with Gasteiger partial charge in [-0.3, -0.25) is 0 Å². The Morgan fingerprint density at radius 3 is 2.71 bits per heavy atom. The van der Waals surface area contributed by atoms with Gasteiger partial charge in [0.25, 0.3) is 0 Å². The van der Waals surface area contributed by atoms with Gasteiger partial charge in [0.1, 0.15) is 0 Å². The number of ether oxygens (including phenoxy) is 1. The lowest BCUT2D eigenvalue weighted by atomic mass is 10.2. The molecule has 0 bridgehead atoms. The first kappa shape index (κ1) is 10.1. The Kier molecular flexibility index (Phi) is 2.58. The smallest absolute Gasteiger partial charge is 0.0598 e. The van der Waals surface area contributed by atoms with E-state index in [1.807, 2.05) is 0 Å². The van der Waals surface area contributed by atoms with Crippen molar-refractivity contribution in [3.05, 3.63) is 0 Å². The molecule has 0 radical (unpaired) electrons. The van der Waals surface area contributed by atoms with Crippen molar-refractivity contribution >= 4 is 0 Å². The lowest BCUT2D eigenvalue weighted by molar-refractivity contribution is -0.0121. The van der Waals surface area contributed by atoms with Gasteiger partial charge in [0.2, 0.25) is 0 Å². The molecule has 0 saturated heterocycles. The van der Waals surface area contributed by atoms with E-state index in [9.17, 15) is 0 Å². The quantitative estimate of drug-likeness (QED) is 0.611. The fourth-order valence-electron chi connectivity index (χ4n) is 2.37. The van der Waals surface area contributed by atoms with Gasteiger partial charge in [-0.25, -0.2) is 0 Å². The summed E-state index contributed by atoms with van der Waals surface area (Å²) >= 11 is 0. The van der Waals surface area contributed by atoms with Gasteiger partial charge in [0, 0.05) is 12.8 Å². The summed E-state index contributed by atoms with van der Waals surface area (Å²) < 4.78 is 5.84. The fourth-order valence-corrected chi connectivity index (χ4v) is 2.37. The van der Waals surface area contributed by atoms with E-state index in [1.54, 1.807) is 0 Å². The van der Waals surface area contributed by atoms with Crippen molar-refractivity contribution < 1.29 is 4.74 Å². The third-order valence-electron chi connectivity index (χ3n) is 3.28. The van der Waals surface area contributed by atoms with E-state index in [0.29, 0.717) is 0 Å². The Morgan fingerprint density at radius 1 is 1.21 bits per heavy atom. The summed E-state index contributed by atoms with van der Waals surface area (Å²) in [5.41, 5.74) is 0.0213. The standard InChI is InChI=1S/C13H20O/c1-13(2,3)14-9-12-10-7-5-4-6-8-11(10)12/h10-12H,5,7-9H2,1-3H3. The molecule has 0 N–H and O–H groups in total. The van der Waals surface area contributed by atoms with Gasteiger partial charge in [0.15, 0.2) is 0 Å². The molecule has 2 aliphatic carbocycles. The van der Waals surface area contributed by atoms with Gasteiger partial charge < -0.3 is 4.74 Å². The van der Waals surface area contributed by atoms with E-state index in [1.165, 1.54) is 6.42 Å². The van der Waals surface area contributed by atoms with Crippen LogP contribution in [0.1, 0.15) is 40.0 Å². The molecule has 3 unspecified atom stereocenters. The molecule has 0 aromatic carbocycles. The van der Waals surface area contributed by atoms with Crippen LogP contribution in [0.4, 0.5) is 0 Å². The van der Waals surface area contributed by atoms with Crippen molar-refractivity contribution in [2.45, 2.75) is 45.6 Å². The van der Waals surface area contributed by atoms with Crippen LogP contribution in [-0.2, 0) is 4.74 Å². The Bertz CT molecular complexity index is 263. The third kappa shape index (κ3) is 2.30. The first-order valence-electron chi connectivity index (χ1n) is 5.67. The Morgan fingerprint density at radius 2 is 2.00 bits per heavy atom. The van der Waals surface area contributed by atoms with Gasteiger partial charge in [-0.15, -0.1) is 11.8 Å². The predicted molar refractivity (Wildman–Crippen MR) is 57.8 cm³/mol. The largest absolute Gasteiger partial charge is 0.376 e. The molecule has 0 heterocycles. The summed E-state index contributed by atoms with van der Waals surface area (Å²) in [6.45, 7) is 7.34. The van der Waals surface area contributed by atoms with Crippen molar-refractivity contribution in [2.75, 3.05) is 6.61 Å². The average molecular weight is 192 g/mol. The van der Waals surface area contributed by atoms with Gasteiger partial charge in [-0.05, 0) is 44.9 Å². The topological polar surface area (TPSA) is 9.23 Å². The molecule has 1 fully saturated rings. The second-order valence-corrected chi connectivity index (χ2v) is 5.51. The normalized spacial score (nSPS) is 35.2. The summed E-state index contributed by atoms with van der Waals surface area (Å²) in [5, 5.41) is 0. The Hall–Kier alpha value is -0.480. The molecule has 0 aliphatic heterocycles. The van der Waals surface area contributed by atoms with E-state index in [-0.39, 0.29) is 5.60 Å². The number of fused-ring (bicyclic) bond motifs is 1. The number of rotatable bonds is 2. The summed E-state index contributed by atoms with van der Waals surface area (Å²) in [5.74, 6) is 9.04. The Balaban J connectivity index is 1.78. The highest BCUT2D eigenvalue weighted by Crippen LogP contribution is 2.52. The van der Waals surface area contributed by atoms with Crippen LogP contribution in [0.25, 0.3) is 0 Å². The summed E-state index contributed by atoms with van der Waals surface area (Å²) in [4.78, 5) is 0. The van der Waals surface area contributed by atoms with Gasteiger partial charge in [-0.1, -0.05) is 0 Å². The van der Waals surface area contributed by atoms with E-state index < -0.39 is 0 Å². The molecule has 14 heavy (non-hydrogen) atoms. The van der Waals surface area contributed by atoms with Gasteiger partial charge in [0.05, 0.1) is 12.2 Å². The minimum atomic E-state index is 0.0213. The summed E-state index contributed by atoms with van der Waals surface area (Å²) in [7, 11) is 0. The van der Waals surface area contributed by atoms with E-state index in [0.717, 1.165) is 37.2 Å². The Labute approximate surface area is 87.2 Å². The van der Waals surface area contributed by atoms with Crippen LogP contribution >= 0.6 is 0 Å². The van der Waals surface area contributed by atoms with Crippen LogP contribution in [0.15, 0.2) is 0 Å². The van der Waals surface area contributed by atoms with Gasteiger partial charge in [-0.2, -0.15) is 0 Å². The van der Waals surface area contributed by atoms with Crippen LogP contribution < -0.4 is 0 Å². The van der Waals surface area contributed by atoms with Crippen molar-refractivity contribution in [3.63, 3.8) is 0 Å². The van der Waals surface area contributed by atoms with Crippen LogP contribution in [0.2, 0.25) is 0 Å². The van der Waals surface area contributed by atoms with E-state index in [2.05, 4.69) is 32.6 Å². The van der Waals surface area contributed by atoms with Crippen molar-refractivity contribution in [3.8, 4) is 11.8 Å². The monoisotopic (exact) mass is 192 g/mol. The number of hydrogen-bond donors (Lipinski definition) is 0. The minimum absolute atomic E-state index is 0.0213. The molecule has 1 heteroatoms. The molecule has 0 spiro atoms. The zero-order valence-electron chi connectivity index (χ0n) is 9.47. The first-order chi connectivity index (χ1) is 6.58. The van der Waals surface area contributed by atoms with Crippen molar-refractivity contribution in [2.24, 2.45) is 17.8 Å². The minimum Gasteiger partial charge on any atom is -0.376 e. The SMILES string of the molecule is CC(C)(C)OCC1C2CC#CCCC21. The summed E-state index contributed by atoms with van der Waals surface area (Å²) in [6, 6.07) is 0. The molecule has 1 saturated carbocycles. The number of hydrogen-bond acceptors (Lipinski definition) is 1. The highest BCUT2D eigenvalue weighted by molar-refractivity contribution is 5.12. The molecule has 78 valence electrons. The van der Waals surface area contributed by atoms with Crippen LogP contribution in [0, 0.1) is 29.6 Å². The molecular weight excluding hydrogens is 172 g/mol. The van der Waals surface area contributed by atoms with Crippen LogP contribution in [0.3, 0.4) is 0 Å². The molecule has 0 amide bonds. The van der Waals surface area contributed by atoms with Crippen molar-refractivity contribution in [1.82, 2.24) is 0 Å². The maximum Gasteiger partial charge on any atom is 0.0598 e. The zero-order chi connectivity index (χ0) is 10.2. The zero-order valence-corrected chi connectivity index (χ0v) is 9.47. The van der Waals surface area contributed by atoms with E-state index in [4.69, 9.17) is 4.74 Å². The lowest BCUT2D eigenvalue weighted by Crippen LogP contribution is -2.21. The first-order valence-corrected chi connectivity index (χ1v) is 5.67. The maximum absolute atomic E-state index is 5.84. The van der Waals surface area contributed by atoms with E-state index >= 15 is 0 Å². The average Bonchev–Trinajstić information content (AvgIpc) is 2.72. The highest BCUT2D eigenvalue weighted by Gasteiger charge is 2.49. The highest BCUT2D eigenvalue weighted by atomic mass is 16.5. The molecule has 1 nitrogen and oxygen atoms in total. The van der Waals surface area contributed by atoms with Crippen LogP contribution in [-0.4, -0.2) is 12.2 Å². The maximum atomic E-state index is 5.84. The molecule has 2 aliphatic rings. The molecule has 0 aromatic heterocycles. The predicted octanol–water partition coefficient (Wildman–Crippen LogP) is 2.85. The van der Waals surface area contributed by atoms with Gasteiger partial charge >= 0.3 is 0 Å². The molecule has 3 atom stereocenters. The molecular formula is C13H20O. The lowest BCUT2D eigenvalue weighted by Gasteiger charge is -2.19. The molecule has 0 aromatic rings.